The van der Waals surface area contributed by atoms with Crippen LogP contribution < -0.4 is 9.64 Å². The first-order valence-corrected chi connectivity index (χ1v) is 10.8. The van der Waals surface area contributed by atoms with Crippen molar-refractivity contribution in [3.05, 3.63) is 53.6 Å². The average molecular weight is 412 g/mol. The minimum atomic E-state index is 0.0492. The van der Waals surface area contributed by atoms with Crippen molar-refractivity contribution in [3.8, 4) is 5.75 Å². The van der Waals surface area contributed by atoms with Crippen molar-refractivity contribution in [1.29, 1.82) is 0 Å². The molecular weight excluding hydrogens is 382 g/mol. The zero-order valence-corrected chi connectivity index (χ0v) is 18.5. The number of carbonyl (C=O) groups is 1. The number of aromatic nitrogens is 1. The van der Waals surface area contributed by atoms with Gasteiger partial charge < -0.3 is 9.64 Å². The number of thiazole rings is 1. The number of fused-ring (bicyclic) bond motifs is 1. The third-order valence-corrected chi connectivity index (χ3v) is 5.69. The Morgan fingerprint density at radius 2 is 1.86 bits per heavy atom. The van der Waals surface area contributed by atoms with Crippen LogP contribution in [0.4, 0.5) is 5.13 Å². The molecule has 0 bridgehead atoms. The van der Waals surface area contributed by atoms with Gasteiger partial charge in [0.2, 0.25) is 5.91 Å². The second kappa shape index (κ2) is 9.85. The molecule has 0 atom stereocenters. The first-order valence-electron chi connectivity index (χ1n) is 9.95. The summed E-state index contributed by atoms with van der Waals surface area (Å²) in [6.07, 6.45) is 1.22. The highest BCUT2D eigenvalue weighted by atomic mass is 32.1. The molecule has 0 N–H and O–H groups in total. The molecule has 0 radical (unpaired) electrons. The van der Waals surface area contributed by atoms with Crippen molar-refractivity contribution in [2.75, 3.05) is 38.7 Å². The monoisotopic (exact) mass is 411 g/mol. The van der Waals surface area contributed by atoms with E-state index >= 15 is 0 Å². The van der Waals surface area contributed by atoms with Gasteiger partial charge >= 0.3 is 0 Å². The predicted octanol–water partition coefficient (Wildman–Crippen LogP) is 4.67. The quantitative estimate of drug-likeness (QED) is 0.513. The van der Waals surface area contributed by atoms with Crippen LogP contribution in [0.5, 0.6) is 5.75 Å². The fourth-order valence-electron chi connectivity index (χ4n) is 3.25. The van der Waals surface area contributed by atoms with E-state index in [1.807, 2.05) is 49.3 Å². The number of carbonyl (C=O) groups excluding carboxylic acids is 1. The van der Waals surface area contributed by atoms with Gasteiger partial charge in [0.05, 0.1) is 23.2 Å². The smallest absolute Gasteiger partial charge is 0.232 e. The summed E-state index contributed by atoms with van der Waals surface area (Å²) in [6, 6.07) is 13.9. The van der Waals surface area contributed by atoms with Crippen LogP contribution in [0.25, 0.3) is 10.2 Å². The van der Waals surface area contributed by atoms with Gasteiger partial charge in [-0.25, -0.2) is 4.98 Å². The Labute approximate surface area is 176 Å². The zero-order chi connectivity index (χ0) is 20.8. The van der Waals surface area contributed by atoms with Crippen LogP contribution in [0.15, 0.2) is 42.5 Å². The van der Waals surface area contributed by atoms with Crippen molar-refractivity contribution in [2.24, 2.45) is 0 Å². The standard InChI is InChI=1S/C23H29N3O2S/c1-17-15-18(2)22-20(16-17)29-23(24-22)26(13-8-12-25(3)4)21(27)11-14-28-19-9-6-5-7-10-19/h5-7,9-10,15-16H,8,11-14H2,1-4H3. The third kappa shape index (κ3) is 5.78. The Hall–Kier alpha value is -2.44. The van der Waals surface area contributed by atoms with Gasteiger partial charge in [-0.3, -0.25) is 9.69 Å². The SMILES string of the molecule is Cc1cc(C)c2nc(N(CCCN(C)C)C(=O)CCOc3ccccc3)sc2c1. The Kier molecular flexibility index (Phi) is 7.23. The second-order valence-electron chi connectivity index (χ2n) is 7.54. The number of nitrogens with zero attached hydrogens (tertiary/aromatic N) is 3. The molecule has 1 amide bonds. The highest BCUT2D eigenvalue weighted by Gasteiger charge is 2.20. The number of aryl methyl sites for hydroxylation is 2. The van der Waals surface area contributed by atoms with Crippen molar-refractivity contribution < 1.29 is 9.53 Å². The van der Waals surface area contributed by atoms with Crippen LogP contribution in [0.1, 0.15) is 24.0 Å². The second-order valence-corrected chi connectivity index (χ2v) is 8.55. The lowest BCUT2D eigenvalue weighted by atomic mass is 10.1. The molecule has 0 unspecified atom stereocenters. The van der Waals surface area contributed by atoms with Crippen LogP contribution in [-0.2, 0) is 4.79 Å². The first kappa shape index (κ1) is 21.3. The topological polar surface area (TPSA) is 45.7 Å². The van der Waals surface area contributed by atoms with Gasteiger partial charge in [-0.05, 0) is 70.2 Å². The van der Waals surface area contributed by atoms with Crippen LogP contribution in [0.3, 0.4) is 0 Å². The molecule has 0 aliphatic heterocycles. The summed E-state index contributed by atoms with van der Waals surface area (Å²) >= 11 is 1.59. The van der Waals surface area contributed by atoms with Crippen molar-refractivity contribution >= 4 is 32.6 Å². The van der Waals surface area contributed by atoms with E-state index in [9.17, 15) is 4.79 Å². The van der Waals surface area contributed by atoms with E-state index in [1.54, 1.807) is 11.3 Å². The molecule has 0 fully saturated rings. The van der Waals surface area contributed by atoms with Crippen molar-refractivity contribution in [2.45, 2.75) is 26.7 Å². The first-order chi connectivity index (χ1) is 13.9. The highest BCUT2D eigenvalue weighted by Crippen LogP contribution is 2.32. The summed E-state index contributed by atoms with van der Waals surface area (Å²) in [4.78, 5) is 21.8. The highest BCUT2D eigenvalue weighted by molar-refractivity contribution is 7.22. The van der Waals surface area contributed by atoms with Crippen LogP contribution in [0, 0.1) is 13.8 Å². The summed E-state index contributed by atoms with van der Waals surface area (Å²) in [6.45, 7) is 6.10. The van der Waals surface area contributed by atoms with Gasteiger partial charge in [-0.1, -0.05) is 35.6 Å². The van der Waals surface area contributed by atoms with Gasteiger partial charge in [-0.2, -0.15) is 0 Å². The minimum absolute atomic E-state index is 0.0492. The molecule has 154 valence electrons. The fraction of sp³-hybridized carbons (Fsp3) is 0.391. The summed E-state index contributed by atoms with van der Waals surface area (Å²) in [5, 5.41) is 0.775. The number of anilines is 1. The maximum absolute atomic E-state index is 13.0. The molecule has 1 heterocycles. The van der Waals surface area contributed by atoms with Crippen LogP contribution >= 0.6 is 11.3 Å². The van der Waals surface area contributed by atoms with E-state index in [0.717, 1.165) is 39.6 Å². The Balaban J connectivity index is 1.74. The number of hydrogen-bond donors (Lipinski definition) is 0. The van der Waals surface area contributed by atoms with Crippen LogP contribution in [0.2, 0.25) is 0 Å². The molecule has 0 spiro atoms. The molecule has 0 aliphatic carbocycles. The van der Waals surface area contributed by atoms with Crippen molar-refractivity contribution in [3.63, 3.8) is 0 Å². The molecule has 1 aromatic heterocycles. The maximum Gasteiger partial charge on any atom is 0.232 e. The van der Waals surface area contributed by atoms with Gasteiger partial charge in [0, 0.05) is 6.54 Å². The van der Waals surface area contributed by atoms with Crippen molar-refractivity contribution in [1.82, 2.24) is 9.88 Å². The summed E-state index contributed by atoms with van der Waals surface area (Å²) < 4.78 is 6.85. The Morgan fingerprint density at radius 1 is 1.10 bits per heavy atom. The van der Waals surface area contributed by atoms with E-state index < -0.39 is 0 Å². The van der Waals surface area contributed by atoms with E-state index in [1.165, 1.54) is 5.56 Å². The van der Waals surface area contributed by atoms with E-state index in [0.29, 0.717) is 19.6 Å². The van der Waals surface area contributed by atoms with E-state index in [-0.39, 0.29) is 5.91 Å². The molecule has 3 rings (SSSR count). The lowest BCUT2D eigenvalue weighted by molar-refractivity contribution is -0.119. The molecular formula is C23H29N3O2S. The summed E-state index contributed by atoms with van der Waals surface area (Å²) in [7, 11) is 4.09. The fourth-order valence-corrected chi connectivity index (χ4v) is 4.44. The number of ether oxygens (including phenoxy) is 1. The number of amides is 1. The molecule has 29 heavy (non-hydrogen) atoms. The molecule has 0 aliphatic rings. The normalized spacial score (nSPS) is 11.2. The molecule has 5 nitrogen and oxygen atoms in total. The number of hydrogen-bond acceptors (Lipinski definition) is 5. The molecule has 6 heteroatoms. The minimum Gasteiger partial charge on any atom is -0.493 e. The predicted molar refractivity (Wildman–Crippen MR) is 121 cm³/mol. The molecule has 3 aromatic rings. The zero-order valence-electron chi connectivity index (χ0n) is 17.6. The maximum atomic E-state index is 13.0. The van der Waals surface area contributed by atoms with Crippen LogP contribution in [-0.4, -0.2) is 49.6 Å². The molecule has 0 saturated heterocycles. The number of rotatable bonds is 9. The van der Waals surface area contributed by atoms with E-state index in [2.05, 4.69) is 30.9 Å². The van der Waals surface area contributed by atoms with Gasteiger partial charge in [-0.15, -0.1) is 0 Å². The van der Waals surface area contributed by atoms with Gasteiger partial charge in [0.1, 0.15) is 5.75 Å². The molecule has 2 aromatic carbocycles. The largest absolute Gasteiger partial charge is 0.493 e. The number of benzene rings is 2. The van der Waals surface area contributed by atoms with Gasteiger partial charge in [0.25, 0.3) is 0 Å². The Bertz CT molecular complexity index is 953. The lowest BCUT2D eigenvalue weighted by Gasteiger charge is -2.21. The van der Waals surface area contributed by atoms with E-state index in [4.69, 9.17) is 9.72 Å². The Morgan fingerprint density at radius 3 is 2.59 bits per heavy atom. The average Bonchev–Trinajstić information content (AvgIpc) is 3.09. The lowest BCUT2D eigenvalue weighted by Crippen LogP contribution is -2.34. The summed E-state index contributed by atoms with van der Waals surface area (Å²) in [5.74, 6) is 0.832. The van der Waals surface area contributed by atoms with Gasteiger partial charge in [0.15, 0.2) is 5.13 Å². The molecule has 0 saturated carbocycles. The number of para-hydroxylation sites is 1. The third-order valence-electron chi connectivity index (χ3n) is 4.67. The summed E-state index contributed by atoms with van der Waals surface area (Å²) in [5.41, 5.74) is 3.35.